The summed E-state index contributed by atoms with van der Waals surface area (Å²) in [5, 5.41) is 2.04. The second-order valence-electron chi connectivity index (χ2n) is 6.89. The number of benzene rings is 1. The highest BCUT2D eigenvalue weighted by Gasteiger charge is 2.46. The Balaban J connectivity index is 1.23. The van der Waals surface area contributed by atoms with Gasteiger partial charge in [0.2, 0.25) is 5.91 Å². The average molecular weight is 388 g/mol. The Morgan fingerprint density at radius 3 is 2.52 bits per heavy atom. The van der Waals surface area contributed by atoms with Gasteiger partial charge in [0.05, 0.1) is 0 Å². The third-order valence-electron chi connectivity index (χ3n) is 5.15. The van der Waals surface area contributed by atoms with E-state index in [9.17, 15) is 14.0 Å². The largest absolute Gasteiger partial charge is 0.481 e. The van der Waals surface area contributed by atoms with Crippen molar-refractivity contribution >= 4 is 23.2 Å². The first-order valence-electron chi connectivity index (χ1n) is 9.11. The van der Waals surface area contributed by atoms with Crippen LogP contribution >= 0.6 is 11.3 Å². The van der Waals surface area contributed by atoms with Crippen LogP contribution in [0.5, 0.6) is 5.75 Å². The molecule has 7 heteroatoms. The van der Waals surface area contributed by atoms with Crippen molar-refractivity contribution in [1.29, 1.82) is 0 Å². The summed E-state index contributed by atoms with van der Waals surface area (Å²) in [4.78, 5) is 29.8. The van der Waals surface area contributed by atoms with Crippen molar-refractivity contribution in [2.75, 3.05) is 32.8 Å². The third kappa shape index (κ3) is 3.98. The van der Waals surface area contributed by atoms with Crippen LogP contribution in [-0.4, -0.2) is 54.4 Å². The van der Waals surface area contributed by atoms with Gasteiger partial charge < -0.3 is 14.5 Å². The smallest absolute Gasteiger partial charge is 0.260 e. The molecule has 0 unspecified atom stereocenters. The zero-order valence-corrected chi connectivity index (χ0v) is 15.7. The molecule has 1 aromatic carbocycles. The van der Waals surface area contributed by atoms with E-state index in [1.54, 1.807) is 28.4 Å². The quantitative estimate of drug-likeness (QED) is 0.791. The van der Waals surface area contributed by atoms with Gasteiger partial charge in [0.15, 0.2) is 18.2 Å². The van der Waals surface area contributed by atoms with Gasteiger partial charge in [0.25, 0.3) is 5.91 Å². The molecule has 2 atom stereocenters. The van der Waals surface area contributed by atoms with Gasteiger partial charge in [-0.1, -0.05) is 18.2 Å². The van der Waals surface area contributed by atoms with E-state index in [0.717, 1.165) is 6.42 Å². The molecule has 0 N–H and O–H groups in total. The fraction of sp³-hybridized carbons (Fsp3) is 0.400. The number of para-hydroxylation sites is 1. The molecule has 4 rings (SSSR count). The summed E-state index contributed by atoms with van der Waals surface area (Å²) >= 11 is 1.71. The molecule has 0 radical (unpaired) electrons. The number of carbonyl (C=O) groups is 2. The van der Waals surface area contributed by atoms with Gasteiger partial charge in [0.1, 0.15) is 0 Å². The monoisotopic (exact) mass is 388 g/mol. The summed E-state index contributed by atoms with van der Waals surface area (Å²) in [5.41, 5.74) is 0. The van der Waals surface area contributed by atoms with Crippen molar-refractivity contribution in [3.8, 4) is 5.75 Å². The Bertz CT molecular complexity index is 818. The molecule has 1 aliphatic carbocycles. The van der Waals surface area contributed by atoms with E-state index in [0.29, 0.717) is 32.1 Å². The highest BCUT2D eigenvalue weighted by Crippen LogP contribution is 2.50. The molecule has 27 heavy (non-hydrogen) atoms. The van der Waals surface area contributed by atoms with Crippen molar-refractivity contribution in [1.82, 2.24) is 9.80 Å². The molecule has 2 aliphatic rings. The standard InChI is InChI=1S/C20H21FN2O3S/c21-16-4-1-2-5-17(16)26-13-19(24)22-7-9-23(10-8-22)20(25)15-12-14(15)18-6-3-11-27-18/h1-6,11,14-15H,7-10,12-13H2/t14-,15+/m1/s1. The summed E-state index contributed by atoms with van der Waals surface area (Å²) in [6.07, 6.45) is 0.926. The Kier molecular flexibility index (Phi) is 5.11. The van der Waals surface area contributed by atoms with Gasteiger partial charge in [-0.2, -0.15) is 0 Å². The number of hydrogen-bond acceptors (Lipinski definition) is 4. The fourth-order valence-electron chi connectivity index (χ4n) is 3.49. The first-order valence-corrected chi connectivity index (χ1v) is 9.99. The van der Waals surface area contributed by atoms with Crippen LogP contribution in [0.2, 0.25) is 0 Å². The van der Waals surface area contributed by atoms with E-state index in [4.69, 9.17) is 4.74 Å². The summed E-state index contributed by atoms with van der Waals surface area (Å²) in [6, 6.07) is 10.1. The number of amides is 2. The Hall–Kier alpha value is -2.41. The van der Waals surface area contributed by atoms with E-state index < -0.39 is 5.82 Å². The molecule has 0 bridgehead atoms. The second kappa shape index (κ2) is 7.68. The van der Waals surface area contributed by atoms with Crippen molar-refractivity contribution in [3.05, 3.63) is 52.5 Å². The fourth-order valence-corrected chi connectivity index (χ4v) is 4.39. The van der Waals surface area contributed by atoms with E-state index >= 15 is 0 Å². The van der Waals surface area contributed by atoms with Crippen molar-refractivity contribution in [2.45, 2.75) is 12.3 Å². The van der Waals surface area contributed by atoms with Gasteiger partial charge in [-0.25, -0.2) is 4.39 Å². The Labute approximate surface area is 161 Å². The lowest BCUT2D eigenvalue weighted by Gasteiger charge is -2.35. The first-order chi connectivity index (χ1) is 13.1. The number of hydrogen-bond donors (Lipinski definition) is 0. The van der Waals surface area contributed by atoms with Crippen LogP contribution in [0.3, 0.4) is 0 Å². The molecule has 1 aromatic heterocycles. The lowest BCUT2D eigenvalue weighted by Crippen LogP contribution is -2.52. The van der Waals surface area contributed by atoms with E-state index in [2.05, 4.69) is 6.07 Å². The molecular formula is C20H21FN2O3S. The zero-order valence-electron chi connectivity index (χ0n) is 14.8. The molecule has 2 aromatic rings. The van der Waals surface area contributed by atoms with Crippen molar-refractivity contribution in [2.24, 2.45) is 5.92 Å². The number of ether oxygens (including phenoxy) is 1. The summed E-state index contributed by atoms with van der Waals surface area (Å²) in [5.74, 6) is 0.0661. The predicted molar refractivity (Wildman–Crippen MR) is 100 cm³/mol. The Morgan fingerprint density at radius 1 is 1.07 bits per heavy atom. The van der Waals surface area contributed by atoms with E-state index in [1.807, 2.05) is 16.3 Å². The zero-order chi connectivity index (χ0) is 18.8. The normalized spacial score (nSPS) is 21.8. The molecule has 2 amide bonds. The van der Waals surface area contributed by atoms with Crippen LogP contribution in [-0.2, 0) is 9.59 Å². The molecule has 2 heterocycles. The average Bonchev–Trinajstić information content (AvgIpc) is 3.31. The molecule has 1 saturated carbocycles. The minimum Gasteiger partial charge on any atom is -0.481 e. The third-order valence-corrected chi connectivity index (χ3v) is 6.15. The number of piperazine rings is 1. The highest BCUT2D eigenvalue weighted by molar-refractivity contribution is 7.10. The maximum atomic E-state index is 13.5. The number of nitrogens with zero attached hydrogens (tertiary/aromatic N) is 2. The lowest BCUT2D eigenvalue weighted by molar-refractivity contribution is -0.141. The summed E-state index contributed by atoms with van der Waals surface area (Å²) in [6.45, 7) is 1.86. The van der Waals surface area contributed by atoms with Gasteiger partial charge in [0, 0.05) is 42.9 Å². The molecule has 142 valence electrons. The van der Waals surface area contributed by atoms with Gasteiger partial charge in [-0.3, -0.25) is 9.59 Å². The van der Waals surface area contributed by atoms with E-state index in [1.165, 1.54) is 17.0 Å². The van der Waals surface area contributed by atoms with E-state index in [-0.39, 0.29) is 30.1 Å². The molecular weight excluding hydrogens is 367 g/mol. The predicted octanol–water partition coefficient (Wildman–Crippen LogP) is 2.74. The molecule has 1 saturated heterocycles. The van der Waals surface area contributed by atoms with Crippen LogP contribution in [0.4, 0.5) is 4.39 Å². The number of carbonyl (C=O) groups excluding carboxylic acids is 2. The first kappa shape index (κ1) is 18.0. The topological polar surface area (TPSA) is 49.9 Å². The minimum absolute atomic E-state index is 0.0769. The number of rotatable bonds is 5. The minimum atomic E-state index is -0.481. The second-order valence-corrected chi connectivity index (χ2v) is 7.87. The SMILES string of the molecule is O=C(COc1ccccc1F)N1CCN(C(=O)[C@H]2C[C@H]2c2cccs2)CC1. The molecule has 2 fully saturated rings. The maximum Gasteiger partial charge on any atom is 0.260 e. The van der Waals surface area contributed by atoms with Crippen LogP contribution in [0.15, 0.2) is 41.8 Å². The van der Waals surface area contributed by atoms with Crippen LogP contribution in [0.25, 0.3) is 0 Å². The Morgan fingerprint density at radius 2 is 1.81 bits per heavy atom. The van der Waals surface area contributed by atoms with Crippen LogP contribution in [0.1, 0.15) is 17.2 Å². The van der Waals surface area contributed by atoms with Crippen molar-refractivity contribution in [3.63, 3.8) is 0 Å². The lowest BCUT2D eigenvalue weighted by atomic mass is 10.2. The number of thiophene rings is 1. The van der Waals surface area contributed by atoms with Gasteiger partial charge >= 0.3 is 0 Å². The molecule has 5 nitrogen and oxygen atoms in total. The number of halogens is 1. The highest BCUT2D eigenvalue weighted by atomic mass is 32.1. The van der Waals surface area contributed by atoms with Crippen LogP contribution in [0, 0.1) is 11.7 Å². The van der Waals surface area contributed by atoms with Gasteiger partial charge in [-0.05, 0) is 30.0 Å². The summed E-state index contributed by atoms with van der Waals surface area (Å²) in [7, 11) is 0. The maximum absolute atomic E-state index is 13.5. The molecule has 0 spiro atoms. The van der Waals surface area contributed by atoms with Crippen LogP contribution < -0.4 is 4.74 Å². The summed E-state index contributed by atoms with van der Waals surface area (Å²) < 4.78 is 18.8. The molecule has 1 aliphatic heterocycles. The van der Waals surface area contributed by atoms with Crippen molar-refractivity contribution < 1.29 is 18.7 Å². The van der Waals surface area contributed by atoms with Gasteiger partial charge in [-0.15, -0.1) is 11.3 Å².